The van der Waals surface area contributed by atoms with Gasteiger partial charge in [-0.3, -0.25) is 4.90 Å². The highest BCUT2D eigenvalue weighted by atomic mass is 19.4. The highest BCUT2D eigenvalue weighted by Gasteiger charge is 2.36. The molecule has 2 atom stereocenters. The second-order valence-electron chi connectivity index (χ2n) is 11.4. The number of ether oxygens (including phenoxy) is 1. The largest absolute Gasteiger partial charge is 0.433 e. The fraction of sp³-hybridized carbons (Fsp3) is 0.387. The number of likely N-dealkylation sites (N-methyl/N-ethyl adjacent to an activating group) is 1. The highest BCUT2D eigenvalue weighted by Crippen LogP contribution is 2.34. The Morgan fingerprint density at radius 2 is 1.62 bits per heavy atom. The molecular formula is C31H35F3N8O3. The summed E-state index contributed by atoms with van der Waals surface area (Å²) in [7, 11) is 4.08. The van der Waals surface area contributed by atoms with E-state index in [-0.39, 0.29) is 11.3 Å². The first-order valence-electron chi connectivity index (χ1n) is 14.7. The van der Waals surface area contributed by atoms with E-state index in [1.165, 1.54) is 6.07 Å². The average Bonchev–Trinajstić information content (AvgIpc) is 3.70. The van der Waals surface area contributed by atoms with Crippen molar-refractivity contribution >= 4 is 28.7 Å². The fourth-order valence-electron chi connectivity index (χ4n) is 5.68. The predicted octanol–water partition coefficient (Wildman–Crippen LogP) is 4.52. The van der Waals surface area contributed by atoms with Gasteiger partial charge < -0.3 is 30.3 Å². The van der Waals surface area contributed by atoms with Crippen LogP contribution >= 0.6 is 0 Å². The number of benzene rings is 2. The van der Waals surface area contributed by atoms with Crippen molar-refractivity contribution in [2.24, 2.45) is 0 Å². The van der Waals surface area contributed by atoms with Gasteiger partial charge in [0.15, 0.2) is 11.6 Å². The number of alkyl halides is 3. The summed E-state index contributed by atoms with van der Waals surface area (Å²) in [5, 5.41) is 20.6. The van der Waals surface area contributed by atoms with E-state index in [0.29, 0.717) is 55.1 Å². The molecule has 2 amide bonds. The Balaban J connectivity index is 1.13. The van der Waals surface area contributed by atoms with Crippen molar-refractivity contribution in [1.29, 1.82) is 0 Å². The maximum absolute atomic E-state index is 13.8. The lowest BCUT2D eigenvalue weighted by Gasteiger charge is -2.28. The van der Waals surface area contributed by atoms with Gasteiger partial charge in [-0.1, -0.05) is 12.1 Å². The molecule has 0 saturated carbocycles. The zero-order valence-electron chi connectivity index (χ0n) is 25.0. The van der Waals surface area contributed by atoms with Crippen LogP contribution in [0.5, 0.6) is 0 Å². The van der Waals surface area contributed by atoms with Crippen molar-refractivity contribution < 1.29 is 27.8 Å². The maximum Gasteiger partial charge on any atom is 0.433 e. The molecule has 11 nitrogen and oxygen atoms in total. The fourth-order valence-corrected chi connectivity index (χ4v) is 5.68. The molecule has 0 bridgehead atoms. The van der Waals surface area contributed by atoms with E-state index in [1.807, 2.05) is 23.9 Å². The van der Waals surface area contributed by atoms with Crippen LogP contribution in [-0.4, -0.2) is 95.1 Å². The van der Waals surface area contributed by atoms with E-state index in [9.17, 15) is 23.1 Å². The number of carbonyl (C=O) groups excluding carboxylic acids is 1. The highest BCUT2D eigenvalue weighted by molar-refractivity contribution is 5.99. The van der Waals surface area contributed by atoms with Gasteiger partial charge in [-0.2, -0.15) is 13.2 Å². The van der Waals surface area contributed by atoms with Crippen LogP contribution in [0.3, 0.4) is 0 Å². The third-order valence-electron chi connectivity index (χ3n) is 8.23. The van der Waals surface area contributed by atoms with E-state index in [4.69, 9.17) is 4.74 Å². The minimum Gasteiger partial charge on any atom is -0.378 e. The molecule has 45 heavy (non-hydrogen) atoms. The molecule has 0 radical (unpaired) electrons. The Morgan fingerprint density at radius 1 is 0.978 bits per heavy atom. The summed E-state index contributed by atoms with van der Waals surface area (Å²) in [5.74, 6) is 0.521. The number of nitrogens with one attached hydrogen (secondary N) is 2. The number of morpholine rings is 1. The molecule has 2 aliphatic heterocycles. The molecule has 238 valence electrons. The van der Waals surface area contributed by atoms with Crippen LogP contribution in [0.25, 0.3) is 16.9 Å². The maximum atomic E-state index is 13.8. The molecule has 3 N–H and O–H groups in total. The SMILES string of the molecule is CN(C)C1CCN(C(O)c2ccc(NC(=O)Nc3ccc(-c4nc(N5CCOCC5)c5ccc(C(F)(F)F)n5n4)cc3)cc2)C1. The average molecular weight is 625 g/mol. The third-order valence-corrected chi connectivity index (χ3v) is 8.23. The molecule has 0 spiro atoms. The van der Waals surface area contributed by atoms with Crippen molar-refractivity contribution in [3.05, 3.63) is 71.9 Å². The van der Waals surface area contributed by atoms with E-state index in [0.717, 1.165) is 35.7 Å². The van der Waals surface area contributed by atoms with Gasteiger partial charge in [-0.05, 0) is 74.6 Å². The van der Waals surface area contributed by atoms with Crippen molar-refractivity contribution in [1.82, 2.24) is 24.4 Å². The van der Waals surface area contributed by atoms with E-state index >= 15 is 0 Å². The van der Waals surface area contributed by atoms with Gasteiger partial charge >= 0.3 is 12.2 Å². The molecule has 4 heterocycles. The molecule has 2 aliphatic rings. The Labute approximate surface area is 258 Å². The Morgan fingerprint density at radius 3 is 2.22 bits per heavy atom. The number of fused-ring (bicyclic) bond motifs is 1. The van der Waals surface area contributed by atoms with Crippen LogP contribution < -0.4 is 15.5 Å². The first-order valence-corrected chi connectivity index (χ1v) is 14.7. The van der Waals surface area contributed by atoms with E-state index in [2.05, 4.69) is 25.6 Å². The van der Waals surface area contributed by atoms with Gasteiger partial charge in [0.25, 0.3) is 0 Å². The smallest absolute Gasteiger partial charge is 0.378 e. The predicted molar refractivity (Wildman–Crippen MR) is 164 cm³/mol. The number of rotatable bonds is 7. The van der Waals surface area contributed by atoms with Crippen LogP contribution in [-0.2, 0) is 10.9 Å². The first kappa shape index (κ1) is 30.8. The lowest BCUT2D eigenvalue weighted by atomic mass is 10.1. The molecule has 2 aromatic carbocycles. The summed E-state index contributed by atoms with van der Waals surface area (Å²) in [6.45, 7) is 3.48. The number of aliphatic hydroxyl groups excluding tert-OH is 1. The van der Waals surface area contributed by atoms with Crippen LogP contribution in [0.1, 0.15) is 23.9 Å². The van der Waals surface area contributed by atoms with Crippen molar-refractivity contribution in [3.8, 4) is 11.4 Å². The molecular weight excluding hydrogens is 589 g/mol. The van der Waals surface area contributed by atoms with Gasteiger partial charge in [0.1, 0.15) is 17.4 Å². The number of nitrogens with zero attached hydrogens (tertiary/aromatic N) is 6. The molecule has 2 fully saturated rings. The lowest BCUT2D eigenvalue weighted by molar-refractivity contribution is -0.142. The van der Waals surface area contributed by atoms with Gasteiger partial charge in [0.2, 0.25) is 0 Å². The van der Waals surface area contributed by atoms with Crippen LogP contribution in [0.15, 0.2) is 60.7 Å². The monoisotopic (exact) mass is 624 g/mol. The van der Waals surface area contributed by atoms with Crippen LogP contribution in [0.2, 0.25) is 0 Å². The van der Waals surface area contributed by atoms with E-state index < -0.39 is 24.1 Å². The minimum atomic E-state index is -4.59. The second-order valence-corrected chi connectivity index (χ2v) is 11.4. The molecule has 0 aliphatic carbocycles. The first-order chi connectivity index (χ1) is 21.6. The number of carbonyl (C=O) groups is 1. The topological polar surface area (TPSA) is 110 Å². The molecule has 2 saturated heterocycles. The van der Waals surface area contributed by atoms with Crippen molar-refractivity contribution in [3.63, 3.8) is 0 Å². The minimum absolute atomic E-state index is 0.120. The molecule has 4 aromatic rings. The number of aliphatic hydroxyl groups is 1. The Kier molecular flexibility index (Phi) is 8.64. The summed E-state index contributed by atoms with van der Waals surface area (Å²) in [5.41, 5.74) is 1.64. The third kappa shape index (κ3) is 6.73. The Bertz CT molecular complexity index is 1640. The summed E-state index contributed by atoms with van der Waals surface area (Å²) in [6, 6.07) is 15.9. The molecule has 6 rings (SSSR count). The number of hydrogen-bond donors (Lipinski definition) is 3. The number of anilines is 3. The number of urea groups is 1. The zero-order chi connectivity index (χ0) is 31.7. The van der Waals surface area contributed by atoms with Crippen LogP contribution in [0.4, 0.5) is 35.2 Å². The van der Waals surface area contributed by atoms with Gasteiger partial charge in [-0.15, -0.1) is 5.10 Å². The number of halogens is 3. The number of hydrogen-bond acceptors (Lipinski definition) is 8. The second kappa shape index (κ2) is 12.6. The molecule has 2 unspecified atom stereocenters. The summed E-state index contributed by atoms with van der Waals surface area (Å²) >= 11 is 0. The quantitative estimate of drug-likeness (QED) is 0.276. The number of aromatic nitrogens is 3. The molecule has 2 aromatic heterocycles. The van der Waals surface area contributed by atoms with Gasteiger partial charge in [-0.25, -0.2) is 14.3 Å². The number of amides is 2. The zero-order valence-corrected chi connectivity index (χ0v) is 25.0. The Hall–Kier alpha value is -4.24. The van der Waals surface area contributed by atoms with E-state index in [1.54, 1.807) is 48.5 Å². The number of likely N-dealkylation sites (tertiary alicyclic amines) is 1. The standard InChI is InChI=1S/C31H35F3N8O3/c1-39(2)24-13-14-41(19-24)29(43)21-5-9-23(10-6-21)36-30(44)35-22-7-3-20(4-8-22)27-37-28(40-15-17-45-18-16-40)25-11-12-26(31(32,33)34)42(25)38-27/h3-12,24,29,43H,13-19H2,1-2H3,(H2,35,36,44). The summed E-state index contributed by atoms with van der Waals surface area (Å²) < 4.78 is 47.6. The normalized spacial score (nSPS) is 18.5. The summed E-state index contributed by atoms with van der Waals surface area (Å²) in [6.07, 6.45) is -4.32. The van der Waals surface area contributed by atoms with Crippen LogP contribution in [0, 0.1) is 0 Å². The molecule has 14 heteroatoms. The lowest BCUT2D eigenvalue weighted by Crippen LogP contribution is -2.37. The van der Waals surface area contributed by atoms with Crippen molar-refractivity contribution in [2.45, 2.75) is 24.9 Å². The van der Waals surface area contributed by atoms with Gasteiger partial charge in [0, 0.05) is 49.2 Å². The summed E-state index contributed by atoms with van der Waals surface area (Å²) in [4.78, 5) is 23.4. The van der Waals surface area contributed by atoms with Gasteiger partial charge in [0.05, 0.1) is 13.2 Å². The van der Waals surface area contributed by atoms with Crippen molar-refractivity contribution in [2.75, 3.05) is 69.0 Å².